The van der Waals surface area contributed by atoms with Crippen LogP contribution in [0.25, 0.3) is 11.2 Å². The largest absolute Gasteiger partial charge is 0.497 e. The minimum atomic E-state index is -0.350. The number of nitrogens with two attached hydrogens (primary N) is 1. The number of ether oxygens (including phenoxy) is 2. The molecule has 3 aromatic rings. The van der Waals surface area contributed by atoms with Crippen LogP contribution in [0.4, 0.5) is 10.2 Å². The van der Waals surface area contributed by atoms with Crippen LogP contribution >= 0.6 is 15.9 Å². The standard InChI is InChI=1S/C15H15BrFN5O2/c1-3-24-15-20-12(18)11-13(21-15)22(14(16)19-11)7-8-6-9(23-2)4-5-10(8)17/h4-6H,3,7H2,1-2H3,(H2,18,20,21). The van der Waals surface area contributed by atoms with E-state index in [-0.39, 0.29) is 24.2 Å². The van der Waals surface area contributed by atoms with Gasteiger partial charge < -0.3 is 15.2 Å². The molecule has 0 spiro atoms. The van der Waals surface area contributed by atoms with Crippen LogP contribution in [0.15, 0.2) is 22.9 Å². The van der Waals surface area contributed by atoms with Crippen molar-refractivity contribution in [2.24, 2.45) is 0 Å². The van der Waals surface area contributed by atoms with Gasteiger partial charge in [0, 0.05) is 5.56 Å². The number of aromatic nitrogens is 4. The van der Waals surface area contributed by atoms with E-state index >= 15 is 0 Å². The average molecular weight is 396 g/mol. The van der Waals surface area contributed by atoms with E-state index in [4.69, 9.17) is 15.2 Å². The van der Waals surface area contributed by atoms with Crippen molar-refractivity contribution < 1.29 is 13.9 Å². The van der Waals surface area contributed by atoms with E-state index in [1.165, 1.54) is 13.2 Å². The van der Waals surface area contributed by atoms with Gasteiger partial charge in [-0.05, 0) is 41.1 Å². The van der Waals surface area contributed by atoms with E-state index in [0.29, 0.717) is 33.8 Å². The highest BCUT2D eigenvalue weighted by Crippen LogP contribution is 2.26. The molecule has 0 amide bonds. The molecular weight excluding hydrogens is 381 g/mol. The molecule has 2 N–H and O–H groups in total. The fourth-order valence-corrected chi connectivity index (χ4v) is 2.75. The highest BCUT2D eigenvalue weighted by atomic mass is 79.9. The lowest BCUT2D eigenvalue weighted by Crippen LogP contribution is -2.06. The van der Waals surface area contributed by atoms with Crippen LogP contribution in [-0.2, 0) is 6.54 Å². The lowest BCUT2D eigenvalue weighted by Gasteiger charge is -2.09. The van der Waals surface area contributed by atoms with Gasteiger partial charge in [0.15, 0.2) is 21.7 Å². The number of rotatable bonds is 5. The molecule has 24 heavy (non-hydrogen) atoms. The fraction of sp³-hybridized carbons (Fsp3) is 0.267. The quantitative estimate of drug-likeness (QED) is 0.668. The second kappa shape index (κ2) is 6.60. The highest BCUT2D eigenvalue weighted by Gasteiger charge is 2.17. The Morgan fingerprint density at radius 2 is 2.08 bits per heavy atom. The molecule has 3 rings (SSSR count). The molecule has 9 heteroatoms. The zero-order valence-electron chi connectivity index (χ0n) is 13.1. The molecule has 7 nitrogen and oxygen atoms in total. The highest BCUT2D eigenvalue weighted by molar-refractivity contribution is 9.10. The van der Waals surface area contributed by atoms with Crippen molar-refractivity contribution in [3.05, 3.63) is 34.3 Å². The summed E-state index contributed by atoms with van der Waals surface area (Å²) in [7, 11) is 1.53. The Morgan fingerprint density at radius 1 is 1.29 bits per heavy atom. The number of anilines is 1. The van der Waals surface area contributed by atoms with E-state index in [2.05, 4.69) is 30.9 Å². The summed E-state index contributed by atoms with van der Waals surface area (Å²) in [6.45, 7) is 2.43. The molecule has 2 heterocycles. The lowest BCUT2D eigenvalue weighted by molar-refractivity contribution is 0.314. The Balaban J connectivity index is 2.10. The molecule has 0 atom stereocenters. The summed E-state index contributed by atoms with van der Waals surface area (Å²) in [6.07, 6.45) is 0. The Bertz CT molecular complexity index is 899. The number of imidazole rings is 1. The van der Waals surface area contributed by atoms with Crippen LogP contribution in [0.3, 0.4) is 0 Å². The van der Waals surface area contributed by atoms with Gasteiger partial charge in [-0.25, -0.2) is 9.37 Å². The van der Waals surface area contributed by atoms with E-state index in [1.54, 1.807) is 16.7 Å². The lowest BCUT2D eigenvalue weighted by atomic mass is 10.2. The van der Waals surface area contributed by atoms with E-state index in [1.807, 2.05) is 6.92 Å². The number of halogens is 2. The van der Waals surface area contributed by atoms with Crippen molar-refractivity contribution in [3.63, 3.8) is 0 Å². The third kappa shape index (κ3) is 2.99. The number of nitrogen functional groups attached to an aromatic ring is 1. The minimum Gasteiger partial charge on any atom is -0.497 e. The molecule has 0 saturated carbocycles. The number of benzene rings is 1. The maximum absolute atomic E-state index is 14.1. The van der Waals surface area contributed by atoms with Crippen molar-refractivity contribution in [1.29, 1.82) is 0 Å². The van der Waals surface area contributed by atoms with Crippen LogP contribution in [-0.4, -0.2) is 33.2 Å². The van der Waals surface area contributed by atoms with Crippen molar-refractivity contribution in [2.75, 3.05) is 19.5 Å². The maximum atomic E-state index is 14.1. The molecule has 0 saturated heterocycles. The number of nitrogens with zero attached hydrogens (tertiary/aromatic N) is 4. The molecule has 1 aromatic carbocycles. The summed E-state index contributed by atoms with van der Waals surface area (Å²) in [5.74, 6) is 0.418. The van der Waals surface area contributed by atoms with Gasteiger partial charge in [0.05, 0.1) is 20.3 Å². The molecule has 0 aliphatic heterocycles. The smallest absolute Gasteiger partial charge is 0.320 e. The summed E-state index contributed by atoms with van der Waals surface area (Å²) >= 11 is 3.36. The van der Waals surface area contributed by atoms with E-state index in [9.17, 15) is 4.39 Å². The zero-order valence-corrected chi connectivity index (χ0v) is 14.7. The summed E-state index contributed by atoms with van der Waals surface area (Å²) in [5, 5.41) is 0. The van der Waals surface area contributed by atoms with Crippen LogP contribution in [0.1, 0.15) is 12.5 Å². The molecule has 0 unspecified atom stereocenters. The second-order valence-corrected chi connectivity index (χ2v) is 5.63. The molecule has 0 radical (unpaired) electrons. The first kappa shape index (κ1) is 16.4. The van der Waals surface area contributed by atoms with Crippen LogP contribution in [0.2, 0.25) is 0 Å². The number of hydrogen-bond donors (Lipinski definition) is 1. The summed E-state index contributed by atoms with van der Waals surface area (Å²) in [5.41, 5.74) is 7.23. The van der Waals surface area contributed by atoms with E-state index < -0.39 is 0 Å². The Kier molecular flexibility index (Phi) is 4.52. The third-order valence-corrected chi connectivity index (χ3v) is 4.01. The first-order valence-corrected chi connectivity index (χ1v) is 7.97. The Morgan fingerprint density at radius 3 is 2.79 bits per heavy atom. The van der Waals surface area contributed by atoms with Crippen molar-refractivity contribution in [1.82, 2.24) is 19.5 Å². The topological polar surface area (TPSA) is 88.1 Å². The summed E-state index contributed by atoms with van der Waals surface area (Å²) in [6, 6.07) is 4.70. The van der Waals surface area contributed by atoms with Crippen LogP contribution in [0.5, 0.6) is 11.8 Å². The molecule has 0 bridgehead atoms. The molecule has 0 fully saturated rings. The van der Waals surface area contributed by atoms with Gasteiger partial charge in [0.2, 0.25) is 0 Å². The first-order chi connectivity index (χ1) is 11.5. The maximum Gasteiger partial charge on any atom is 0.320 e. The zero-order chi connectivity index (χ0) is 17.3. The van der Waals surface area contributed by atoms with Gasteiger partial charge in [-0.15, -0.1) is 0 Å². The van der Waals surface area contributed by atoms with Crippen LogP contribution < -0.4 is 15.2 Å². The minimum absolute atomic E-state index is 0.155. The van der Waals surface area contributed by atoms with Gasteiger partial charge in [-0.1, -0.05) is 0 Å². The second-order valence-electron chi connectivity index (χ2n) is 4.92. The predicted octanol–water partition coefficient (Wildman–Crippen LogP) is 2.77. The Labute approximate surface area is 145 Å². The van der Waals surface area contributed by atoms with Crippen molar-refractivity contribution >= 4 is 32.9 Å². The molecule has 126 valence electrons. The number of methoxy groups -OCH3 is 1. The van der Waals surface area contributed by atoms with Gasteiger partial charge >= 0.3 is 6.01 Å². The monoisotopic (exact) mass is 395 g/mol. The predicted molar refractivity (Wildman–Crippen MR) is 90.7 cm³/mol. The van der Waals surface area contributed by atoms with Gasteiger partial charge in [0.25, 0.3) is 0 Å². The van der Waals surface area contributed by atoms with Crippen molar-refractivity contribution in [2.45, 2.75) is 13.5 Å². The fourth-order valence-electron chi connectivity index (χ4n) is 2.28. The van der Waals surface area contributed by atoms with Crippen molar-refractivity contribution in [3.8, 4) is 11.8 Å². The Hall–Kier alpha value is -2.42. The third-order valence-electron chi connectivity index (χ3n) is 3.41. The molecule has 0 aliphatic carbocycles. The number of hydrogen-bond acceptors (Lipinski definition) is 6. The van der Waals surface area contributed by atoms with Gasteiger partial charge in [-0.2, -0.15) is 9.97 Å². The van der Waals surface area contributed by atoms with E-state index in [0.717, 1.165) is 0 Å². The first-order valence-electron chi connectivity index (χ1n) is 7.18. The van der Waals surface area contributed by atoms with Crippen LogP contribution in [0, 0.1) is 5.82 Å². The molecule has 0 aliphatic rings. The van der Waals surface area contributed by atoms with Gasteiger partial charge in [-0.3, -0.25) is 4.57 Å². The summed E-state index contributed by atoms with van der Waals surface area (Å²) in [4.78, 5) is 12.7. The average Bonchev–Trinajstić information content (AvgIpc) is 2.87. The summed E-state index contributed by atoms with van der Waals surface area (Å²) < 4.78 is 26.7. The molecular formula is C15H15BrFN5O2. The SMILES string of the molecule is CCOc1nc(N)c2nc(Br)n(Cc3cc(OC)ccc3F)c2n1. The van der Waals surface area contributed by atoms with Gasteiger partial charge in [0.1, 0.15) is 11.6 Å². The molecule has 2 aromatic heterocycles. The number of fused-ring (bicyclic) bond motifs is 1. The normalized spacial score (nSPS) is 11.0.